The van der Waals surface area contributed by atoms with E-state index in [0.29, 0.717) is 6.54 Å². The molecule has 5 nitrogen and oxygen atoms in total. The molecule has 0 saturated carbocycles. The summed E-state index contributed by atoms with van der Waals surface area (Å²) in [5, 5.41) is 2.97. The van der Waals surface area contributed by atoms with Crippen molar-refractivity contribution in [2.75, 3.05) is 38.3 Å². The van der Waals surface area contributed by atoms with Crippen LogP contribution in [0.25, 0.3) is 0 Å². The fourth-order valence-electron chi connectivity index (χ4n) is 2.90. The van der Waals surface area contributed by atoms with Gasteiger partial charge in [0.05, 0.1) is 6.04 Å². The molecule has 1 saturated heterocycles. The Bertz CT molecular complexity index is 461. The van der Waals surface area contributed by atoms with Gasteiger partial charge in [0.25, 0.3) is 0 Å². The number of carbonyl (C=O) groups excluding carboxylic acids is 1. The number of benzene rings is 1. The number of para-hydroxylation sites is 1. The second-order valence-electron chi connectivity index (χ2n) is 6.23. The largest absolute Gasteiger partial charge is 0.381 e. The summed E-state index contributed by atoms with van der Waals surface area (Å²) in [5.41, 5.74) is 7.28. The number of unbranched alkanes of at least 4 members (excludes halogenated alkanes) is 1. The third kappa shape index (κ3) is 5.84. The SMILES string of the molecule is CN(CCCCNC(=O)C(N)C1CCOCC1)c1ccccc1. The van der Waals surface area contributed by atoms with E-state index in [4.69, 9.17) is 10.5 Å². The minimum Gasteiger partial charge on any atom is -0.381 e. The summed E-state index contributed by atoms with van der Waals surface area (Å²) in [5.74, 6) is 0.237. The molecule has 1 aromatic carbocycles. The van der Waals surface area contributed by atoms with Crippen LogP contribution in [0.5, 0.6) is 0 Å². The summed E-state index contributed by atoms with van der Waals surface area (Å²) < 4.78 is 5.31. The second-order valence-corrected chi connectivity index (χ2v) is 6.23. The zero-order chi connectivity index (χ0) is 16.5. The lowest BCUT2D eigenvalue weighted by Gasteiger charge is -2.26. The van der Waals surface area contributed by atoms with Crippen LogP contribution in [0.2, 0.25) is 0 Å². The fraction of sp³-hybridized carbons (Fsp3) is 0.611. The zero-order valence-corrected chi connectivity index (χ0v) is 14.0. The number of nitrogens with two attached hydrogens (primary N) is 1. The van der Waals surface area contributed by atoms with Gasteiger partial charge < -0.3 is 20.7 Å². The minimum absolute atomic E-state index is 0.0201. The number of anilines is 1. The minimum atomic E-state index is -0.397. The monoisotopic (exact) mass is 319 g/mol. The Labute approximate surface area is 139 Å². The lowest BCUT2D eigenvalue weighted by molar-refractivity contribution is -0.124. The topological polar surface area (TPSA) is 67.6 Å². The summed E-state index contributed by atoms with van der Waals surface area (Å²) >= 11 is 0. The molecule has 1 heterocycles. The molecule has 1 amide bonds. The number of nitrogens with zero attached hydrogens (tertiary/aromatic N) is 1. The quantitative estimate of drug-likeness (QED) is 0.717. The van der Waals surface area contributed by atoms with E-state index in [1.54, 1.807) is 0 Å². The molecule has 3 N–H and O–H groups in total. The Kier molecular flexibility index (Phi) is 7.36. The van der Waals surface area contributed by atoms with Gasteiger partial charge in [-0.2, -0.15) is 0 Å². The van der Waals surface area contributed by atoms with E-state index >= 15 is 0 Å². The van der Waals surface area contributed by atoms with Crippen molar-refractivity contribution in [2.24, 2.45) is 11.7 Å². The number of ether oxygens (including phenoxy) is 1. The lowest BCUT2D eigenvalue weighted by Crippen LogP contribution is -2.47. The van der Waals surface area contributed by atoms with Crippen molar-refractivity contribution < 1.29 is 9.53 Å². The molecular weight excluding hydrogens is 290 g/mol. The number of nitrogens with one attached hydrogen (secondary N) is 1. The maximum Gasteiger partial charge on any atom is 0.237 e. The van der Waals surface area contributed by atoms with Gasteiger partial charge >= 0.3 is 0 Å². The normalized spacial score (nSPS) is 16.8. The van der Waals surface area contributed by atoms with Crippen molar-refractivity contribution in [1.82, 2.24) is 5.32 Å². The third-order valence-electron chi connectivity index (χ3n) is 4.49. The molecule has 1 aliphatic heterocycles. The summed E-state index contributed by atoms with van der Waals surface area (Å²) in [6, 6.07) is 9.93. The van der Waals surface area contributed by atoms with E-state index in [0.717, 1.165) is 45.4 Å². The average Bonchev–Trinajstić information content (AvgIpc) is 2.62. The van der Waals surface area contributed by atoms with Crippen molar-refractivity contribution in [3.63, 3.8) is 0 Å². The first-order valence-corrected chi connectivity index (χ1v) is 8.55. The average molecular weight is 319 g/mol. The maximum atomic E-state index is 12.1. The van der Waals surface area contributed by atoms with Crippen LogP contribution >= 0.6 is 0 Å². The van der Waals surface area contributed by atoms with Crippen LogP contribution in [0.15, 0.2) is 30.3 Å². The van der Waals surface area contributed by atoms with Crippen LogP contribution in [0, 0.1) is 5.92 Å². The number of hydrogen-bond acceptors (Lipinski definition) is 4. The number of hydrogen-bond donors (Lipinski definition) is 2. The molecule has 5 heteroatoms. The number of carbonyl (C=O) groups is 1. The first-order valence-electron chi connectivity index (χ1n) is 8.55. The van der Waals surface area contributed by atoms with Crippen LogP contribution in [0.3, 0.4) is 0 Å². The van der Waals surface area contributed by atoms with Crippen LogP contribution in [0.4, 0.5) is 5.69 Å². The smallest absolute Gasteiger partial charge is 0.237 e. The van der Waals surface area contributed by atoms with Crippen molar-refractivity contribution in [3.05, 3.63) is 30.3 Å². The number of rotatable bonds is 8. The molecule has 1 aromatic rings. The van der Waals surface area contributed by atoms with E-state index in [1.807, 2.05) is 18.2 Å². The van der Waals surface area contributed by atoms with E-state index in [9.17, 15) is 4.79 Å². The predicted octanol–water partition coefficient (Wildman–Crippen LogP) is 1.77. The Morgan fingerprint density at radius 1 is 1.30 bits per heavy atom. The zero-order valence-electron chi connectivity index (χ0n) is 14.0. The highest BCUT2D eigenvalue weighted by atomic mass is 16.5. The van der Waals surface area contributed by atoms with Crippen LogP contribution < -0.4 is 16.0 Å². The standard InChI is InChI=1S/C18H29N3O2/c1-21(16-7-3-2-4-8-16)12-6-5-11-20-18(22)17(19)15-9-13-23-14-10-15/h2-4,7-8,15,17H,5-6,9-14,19H2,1H3,(H,20,22). The molecule has 1 atom stereocenters. The summed E-state index contributed by atoms with van der Waals surface area (Å²) in [7, 11) is 2.09. The highest BCUT2D eigenvalue weighted by Gasteiger charge is 2.26. The molecule has 128 valence electrons. The Balaban J connectivity index is 1.58. The fourth-order valence-corrected chi connectivity index (χ4v) is 2.90. The molecule has 2 rings (SSSR count). The van der Waals surface area contributed by atoms with Gasteiger partial charge in [-0.25, -0.2) is 0 Å². The Morgan fingerprint density at radius 2 is 2.00 bits per heavy atom. The highest BCUT2D eigenvalue weighted by Crippen LogP contribution is 2.17. The Morgan fingerprint density at radius 3 is 2.70 bits per heavy atom. The van der Waals surface area contributed by atoms with E-state index < -0.39 is 6.04 Å². The highest BCUT2D eigenvalue weighted by molar-refractivity contribution is 5.81. The molecular formula is C18H29N3O2. The van der Waals surface area contributed by atoms with Crippen molar-refractivity contribution in [2.45, 2.75) is 31.7 Å². The van der Waals surface area contributed by atoms with Crippen molar-refractivity contribution >= 4 is 11.6 Å². The summed E-state index contributed by atoms with van der Waals surface area (Å²) in [6.45, 7) is 3.11. The Hall–Kier alpha value is -1.59. The van der Waals surface area contributed by atoms with E-state index in [-0.39, 0.29) is 11.8 Å². The summed E-state index contributed by atoms with van der Waals surface area (Å²) in [6.07, 6.45) is 3.77. The molecule has 0 radical (unpaired) electrons. The number of amides is 1. The molecule has 1 aliphatic rings. The van der Waals surface area contributed by atoms with Crippen molar-refractivity contribution in [1.29, 1.82) is 0 Å². The molecule has 1 fully saturated rings. The van der Waals surface area contributed by atoms with E-state index in [1.165, 1.54) is 5.69 Å². The van der Waals surface area contributed by atoms with Crippen LogP contribution in [-0.2, 0) is 9.53 Å². The lowest BCUT2D eigenvalue weighted by atomic mass is 9.92. The first kappa shape index (κ1) is 17.8. The van der Waals surface area contributed by atoms with E-state index in [2.05, 4.69) is 29.4 Å². The first-order chi connectivity index (χ1) is 11.2. The van der Waals surface area contributed by atoms with Gasteiger partial charge in [0.2, 0.25) is 5.91 Å². The van der Waals surface area contributed by atoms with Gasteiger partial charge in [0, 0.05) is 39.0 Å². The van der Waals surface area contributed by atoms with Gasteiger partial charge in [0.1, 0.15) is 0 Å². The van der Waals surface area contributed by atoms with Gasteiger partial charge in [-0.3, -0.25) is 4.79 Å². The van der Waals surface area contributed by atoms with Crippen LogP contribution in [-0.4, -0.2) is 45.3 Å². The maximum absolute atomic E-state index is 12.1. The summed E-state index contributed by atoms with van der Waals surface area (Å²) in [4.78, 5) is 14.3. The van der Waals surface area contributed by atoms with Crippen LogP contribution in [0.1, 0.15) is 25.7 Å². The molecule has 0 aliphatic carbocycles. The molecule has 0 spiro atoms. The molecule has 0 bridgehead atoms. The van der Waals surface area contributed by atoms with Crippen molar-refractivity contribution in [3.8, 4) is 0 Å². The second kappa shape index (κ2) is 9.53. The predicted molar refractivity (Wildman–Crippen MR) is 93.5 cm³/mol. The molecule has 23 heavy (non-hydrogen) atoms. The van der Waals surface area contributed by atoms with Gasteiger partial charge in [-0.1, -0.05) is 18.2 Å². The van der Waals surface area contributed by atoms with Gasteiger partial charge in [-0.05, 0) is 43.7 Å². The van der Waals surface area contributed by atoms with Gasteiger partial charge in [0.15, 0.2) is 0 Å². The third-order valence-corrected chi connectivity index (χ3v) is 4.49. The molecule has 1 unspecified atom stereocenters. The van der Waals surface area contributed by atoms with Gasteiger partial charge in [-0.15, -0.1) is 0 Å². The molecule has 0 aromatic heterocycles.